The molecule has 0 aromatic heterocycles. The zero-order valence-electron chi connectivity index (χ0n) is 35.3. The van der Waals surface area contributed by atoms with Crippen LogP contribution in [0.25, 0.3) is 0 Å². The standard InChI is InChI=1S/C46H74N2O7S/c1-7-10-11-12-13-14-15-16-17-20-27-47-44(51)53-35-25-26-40-38(32-35)42-36(24-19-22-29-50)34(23-18-21-28-49)31-37-39(48-55-45(4,5)6)33-41(56-9-3)46(54-40,43(37)42)52-30-8-2/h8,25-26,31-32,34,36,41-43,49-50H,2,7,9-24,27-30,33H2,1,3-6H3,(H,47,51)/t34-,36+,41-,42+,43+,46+/m0/s1. The van der Waals surface area contributed by atoms with Gasteiger partial charge < -0.3 is 34.6 Å². The monoisotopic (exact) mass is 799 g/mol. The molecule has 1 saturated carbocycles. The van der Waals surface area contributed by atoms with Crippen LogP contribution in [0.1, 0.15) is 155 Å². The van der Waals surface area contributed by atoms with Gasteiger partial charge in [0.15, 0.2) is 0 Å². The number of unbranched alkanes of at least 4 members (excludes halogenated alkanes) is 11. The second-order valence-corrected chi connectivity index (χ2v) is 18.4. The van der Waals surface area contributed by atoms with E-state index in [9.17, 15) is 15.0 Å². The molecule has 1 aliphatic heterocycles. The number of allylic oxidation sites excluding steroid dienone is 1. The van der Waals surface area contributed by atoms with E-state index in [1.165, 1.54) is 51.4 Å². The Labute approximate surface area is 342 Å². The molecule has 3 N–H and O–H groups in total. The van der Waals surface area contributed by atoms with E-state index in [1.54, 1.807) is 6.08 Å². The Balaban J connectivity index is 1.66. The number of hydrogen-bond acceptors (Lipinski definition) is 9. The number of aliphatic hydroxyl groups is 2. The Hall–Kier alpha value is -2.53. The third kappa shape index (κ3) is 13.0. The summed E-state index contributed by atoms with van der Waals surface area (Å²) in [5.41, 5.74) is 2.55. The molecule has 0 bridgehead atoms. The van der Waals surface area contributed by atoms with E-state index in [0.29, 0.717) is 25.3 Å². The molecular weight excluding hydrogens is 725 g/mol. The van der Waals surface area contributed by atoms with Gasteiger partial charge in [0.05, 0.1) is 23.5 Å². The maximum Gasteiger partial charge on any atom is 0.412 e. The number of benzene rings is 1. The minimum Gasteiger partial charge on any atom is -0.460 e. The first-order chi connectivity index (χ1) is 27.1. The van der Waals surface area contributed by atoms with E-state index < -0.39 is 17.5 Å². The molecule has 1 fully saturated rings. The molecule has 56 heavy (non-hydrogen) atoms. The number of fused-ring (bicyclic) bond motifs is 2. The van der Waals surface area contributed by atoms with E-state index in [0.717, 1.165) is 79.7 Å². The van der Waals surface area contributed by atoms with Crippen LogP contribution in [0.4, 0.5) is 4.79 Å². The van der Waals surface area contributed by atoms with E-state index in [2.05, 4.69) is 31.8 Å². The van der Waals surface area contributed by atoms with E-state index in [-0.39, 0.29) is 42.1 Å². The Morgan fingerprint density at radius 3 is 2.30 bits per heavy atom. The summed E-state index contributed by atoms with van der Waals surface area (Å²) < 4.78 is 20.1. The fraction of sp³-hybridized carbons (Fsp3) is 0.739. The van der Waals surface area contributed by atoms with Crippen molar-refractivity contribution in [1.82, 2.24) is 5.32 Å². The summed E-state index contributed by atoms with van der Waals surface area (Å²) in [5, 5.41) is 27.4. The second-order valence-electron chi connectivity index (χ2n) is 16.9. The van der Waals surface area contributed by atoms with E-state index in [4.69, 9.17) is 24.2 Å². The molecule has 2 aliphatic carbocycles. The molecule has 3 aliphatic rings. The minimum absolute atomic E-state index is 0.0558. The number of carbonyl (C=O) groups is 1. The SMILES string of the molecule is C=CCO[C@@]12Oc3ccc(OC(=O)NCCCCCCCCCCCC)cc3[C@H]3[C@H](CCCCO)[C@@H](CCCCO)C=C(C(=NOC(C)(C)C)C[C@@H]1SCC)[C@H]32. The maximum absolute atomic E-state index is 13.1. The lowest BCUT2D eigenvalue weighted by Crippen LogP contribution is -2.64. The summed E-state index contributed by atoms with van der Waals surface area (Å²) >= 11 is 1.82. The number of ether oxygens (including phenoxy) is 3. The molecule has 0 saturated heterocycles. The Bertz CT molecular complexity index is 1410. The average molecular weight is 799 g/mol. The number of rotatable bonds is 26. The number of oxime groups is 1. The second kappa shape index (κ2) is 23.8. The Kier molecular flexibility index (Phi) is 19.6. The van der Waals surface area contributed by atoms with Crippen LogP contribution in [0.5, 0.6) is 11.5 Å². The number of aliphatic hydroxyl groups excluding tert-OH is 2. The van der Waals surface area contributed by atoms with Gasteiger partial charge in [0.2, 0.25) is 5.79 Å². The summed E-state index contributed by atoms with van der Waals surface area (Å²) in [6, 6.07) is 5.77. The molecule has 0 unspecified atom stereocenters. The lowest BCUT2D eigenvalue weighted by molar-refractivity contribution is -0.223. The van der Waals surface area contributed by atoms with E-state index >= 15 is 0 Å². The summed E-state index contributed by atoms with van der Waals surface area (Å²) in [5.74, 6) is 1.18. The largest absolute Gasteiger partial charge is 0.460 e. The van der Waals surface area contributed by atoms with Crippen molar-refractivity contribution in [2.24, 2.45) is 22.9 Å². The number of nitrogens with one attached hydrogen (secondary N) is 1. The molecule has 4 rings (SSSR count). The lowest BCUT2D eigenvalue weighted by Gasteiger charge is -2.58. The van der Waals surface area contributed by atoms with Gasteiger partial charge in [-0.3, -0.25) is 0 Å². The Morgan fingerprint density at radius 2 is 1.66 bits per heavy atom. The molecule has 1 aromatic carbocycles. The highest BCUT2D eigenvalue weighted by atomic mass is 32.2. The number of thioether (sulfide) groups is 1. The average Bonchev–Trinajstić information content (AvgIpc) is 3.17. The highest BCUT2D eigenvalue weighted by Crippen LogP contribution is 2.62. The molecule has 1 heterocycles. The number of nitrogens with zero attached hydrogens (tertiary/aromatic N) is 1. The van der Waals surface area contributed by atoms with Crippen LogP contribution in [0.3, 0.4) is 0 Å². The van der Waals surface area contributed by atoms with Crippen LogP contribution in [-0.4, -0.2) is 70.8 Å². The van der Waals surface area contributed by atoms with Gasteiger partial charge in [-0.1, -0.05) is 102 Å². The third-order valence-electron chi connectivity index (χ3n) is 11.4. The quantitative estimate of drug-likeness (QED) is 0.0482. The first-order valence-electron chi connectivity index (χ1n) is 22.0. The lowest BCUT2D eigenvalue weighted by atomic mass is 9.56. The van der Waals surface area contributed by atoms with Crippen molar-refractivity contribution in [2.45, 2.75) is 166 Å². The summed E-state index contributed by atoms with van der Waals surface area (Å²) in [4.78, 5) is 19.3. The zero-order chi connectivity index (χ0) is 40.4. The maximum atomic E-state index is 13.1. The van der Waals surface area contributed by atoms with Gasteiger partial charge in [-0.2, -0.15) is 11.8 Å². The highest BCUT2D eigenvalue weighted by molar-refractivity contribution is 8.00. The number of amides is 1. The normalized spacial score (nSPS) is 24.8. The molecule has 10 heteroatoms. The van der Waals surface area contributed by atoms with Crippen molar-refractivity contribution in [1.29, 1.82) is 0 Å². The minimum atomic E-state index is -1.00. The molecule has 1 amide bonds. The van der Waals surface area contributed by atoms with Crippen LogP contribution >= 0.6 is 11.8 Å². The third-order valence-corrected chi connectivity index (χ3v) is 12.7. The van der Waals surface area contributed by atoms with E-state index in [1.807, 2.05) is 50.7 Å². The summed E-state index contributed by atoms with van der Waals surface area (Å²) in [6.07, 6.45) is 21.8. The fourth-order valence-corrected chi connectivity index (χ4v) is 10.1. The van der Waals surface area contributed by atoms with Gasteiger partial charge in [-0.15, -0.1) is 6.58 Å². The topological polar surface area (TPSA) is 119 Å². The van der Waals surface area contributed by atoms with Crippen molar-refractivity contribution < 1.29 is 34.1 Å². The van der Waals surface area contributed by atoms with Crippen molar-refractivity contribution in [2.75, 3.05) is 32.1 Å². The smallest absolute Gasteiger partial charge is 0.412 e. The molecule has 0 radical (unpaired) electrons. The first-order valence-corrected chi connectivity index (χ1v) is 23.0. The van der Waals surface area contributed by atoms with Gasteiger partial charge in [0.1, 0.15) is 17.1 Å². The Morgan fingerprint density at radius 1 is 0.982 bits per heavy atom. The van der Waals surface area contributed by atoms with Crippen LogP contribution in [0, 0.1) is 17.8 Å². The highest BCUT2D eigenvalue weighted by Gasteiger charge is 2.64. The van der Waals surface area contributed by atoms with Gasteiger partial charge >= 0.3 is 6.09 Å². The molecule has 9 nitrogen and oxygen atoms in total. The van der Waals surface area contributed by atoms with Gasteiger partial charge in [-0.05, 0) is 94.2 Å². The van der Waals surface area contributed by atoms with Crippen LogP contribution in [0.15, 0.2) is 47.7 Å². The molecule has 6 atom stereocenters. The molecule has 0 spiro atoms. The first kappa shape index (κ1) is 46.2. The predicted molar refractivity (Wildman–Crippen MR) is 230 cm³/mol. The van der Waals surface area contributed by atoms with Crippen molar-refractivity contribution >= 4 is 23.6 Å². The van der Waals surface area contributed by atoms with Crippen LogP contribution in [0.2, 0.25) is 0 Å². The van der Waals surface area contributed by atoms with Gasteiger partial charge in [0, 0.05) is 37.7 Å². The zero-order valence-corrected chi connectivity index (χ0v) is 36.1. The van der Waals surface area contributed by atoms with Gasteiger partial charge in [0.25, 0.3) is 0 Å². The van der Waals surface area contributed by atoms with Gasteiger partial charge in [-0.25, -0.2) is 4.79 Å². The molecular formula is C46H74N2O7S. The van der Waals surface area contributed by atoms with Crippen LogP contribution in [-0.2, 0) is 9.57 Å². The van der Waals surface area contributed by atoms with Crippen LogP contribution < -0.4 is 14.8 Å². The fourth-order valence-electron chi connectivity index (χ4n) is 8.88. The summed E-state index contributed by atoms with van der Waals surface area (Å²) in [6.45, 7) is 15.7. The van der Waals surface area contributed by atoms with Crippen molar-refractivity contribution in [3.8, 4) is 11.5 Å². The summed E-state index contributed by atoms with van der Waals surface area (Å²) in [7, 11) is 0. The molecule has 316 valence electrons. The predicted octanol–water partition coefficient (Wildman–Crippen LogP) is 10.9. The number of hydrogen-bond donors (Lipinski definition) is 3. The van der Waals surface area contributed by atoms with Crippen molar-refractivity contribution in [3.63, 3.8) is 0 Å². The number of carbonyl (C=O) groups excluding carboxylic acids is 1. The van der Waals surface area contributed by atoms with Crippen molar-refractivity contribution in [3.05, 3.63) is 48.1 Å². The molecule has 1 aromatic rings.